The minimum atomic E-state index is -0.577. The summed E-state index contributed by atoms with van der Waals surface area (Å²) < 4.78 is 13.8. The number of aromatic nitrogens is 10. The summed E-state index contributed by atoms with van der Waals surface area (Å²) in [7, 11) is 6.29. The van der Waals surface area contributed by atoms with Gasteiger partial charge >= 0.3 is 6.09 Å². The second kappa shape index (κ2) is 28.5. The number of imidazole rings is 2. The molecule has 23 nitrogen and oxygen atoms in total. The van der Waals surface area contributed by atoms with Crippen LogP contribution in [0.15, 0.2) is 73.6 Å². The zero-order valence-electron chi connectivity index (χ0n) is 53.0. The van der Waals surface area contributed by atoms with Crippen LogP contribution < -0.4 is 10.6 Å². The van der Waals surface area contributed by atoms with Crippen molar-refractivity contribution in [3.63, 3.8) is 0 Å². The van der Waals surface area contributed by atoms with Crippen molar-refractivity contribution in [2.24, 2.45) is 0 Å². The molecule has 6 aromatic heterocycles. The van der Waals surface area contributed by atoms with Gasteiger partial charge in [0.1, 0.15) is 28.4 Å². The van der Waals surface area contributed by atoms with Crippen LogP contribution in [0.4, 0.5) is 4.79 Å². The number of aromatic amines is 3. The van der Waals surface area contributed by atoms with E-state index in [1.54, 1.807) is 17.3 Å². The summed E-state index contributed by atoms with van der Waals surface area (Å²) in [5, 5.41) is 21.1. The average Bonchev–Trinajstić information content (AvgIpc) is 2.30. The van der Waals surface area contributed by atoms with Crippen molar-refractivity contribution >= 4 is 39.7 Å². The molecule has 10 heterocycles. The third kappa shape index (κ3) is 15.0. The predicted molar refractivity (Wildman–Crippen MR) is 343 cm³/mol. The maximum Gasteiger partial charge on any atom is 0.410 e. The summed E-state index contributed by atoms with van der Waals surface area (Å²) in [5.74, 6) is 1.05. The van der Waals surface area contributed by atoms with Crippen molar-refractivity contribution in [1.29, 1.82) is 0 Å². The van der Waals surface area contributed by atoms with E-state index in [1.807, 2.05) is 73.0 Å². The third-order valence-electron chi connectivity index (χ3n) is 16.9. The highest BCUT2D eigenvalue weighted by Crippen LogP contribution is 2.37. The Bertz CT molecular complexity index is 3660. The summed E-state index contributed by atoms with van der Waals surface area (Å²) in [6.45, 7) is 28.1. The predicted octanol–water partition coefficient (Wildman–Crippen LogP) is 7.98. The van der Waals surface area contributed by atoms with Gasteiger partial charge in [0, 0.05) is 145 Å². The van der Waals surface area contributed by atoms with Gasteiger partial charge < -0.3 is 59.5 Å². The first-order valence-electron chi connectivity index (χ1n) is 31.1. The molecule has 0 saturated carbocycles. The fourth-order valence-corrected chi connectivity index (χ4v) is 11.4. The van der Waals surface area contributed by atoms with Gasteiger partial charge in [-0.05, 0) is 146 Å². The summed E-state index contributed by atoms with van der Waals surface area (Å²) in [6, 6.07) is 12.5. The lowest BCUT2D eigenvalue weighted by Gasteiger charge is -2.32. The Labute approximate surface area is 516 Å². The van der Waals surface area contributed by atoms with Crippen LogP contribution in [0, 0.1) is 13.8 Å². The first-order chi connectivity index (χ1) is 42.5. The minimum Gasteiger partial charge on any atom is -0.444 e. The van der Waals surface area contributed by atoms with Crippen molar-refractivity contribution < 1.29 is 23.9 Å². The lowest BCUT2D eigenvalue weighted by molar-refractivity contribution is -0.0365. The summed E-state index contributed by atoms with van der Waals surface area (Å²) in [6.07, 6.45) is 13.2. The second-order valence-corrected chi connectivity index (χ2v) is 24.4. The van der Waals surface area contributed by atoms with Gasteiger partial charge in [0.15, 0.2) is 17.9 Å². The number of carbonyl (C=O) groups is 3. The van der Waals surface area contributed by atoms with Crippen molar-refractivity contribution in [3.8, 4) is 45.3 Å². The summed E-state index contributed by atoms with van der Waals surface area (Å²) in [4.78, 5) is 76.0. The van der Waals surface area contributed by atoms with Crippen LogP contribution in [0.25, 0.3) is 67.1 Å². The Morgan fingerprint density at radius 3 is 1.82 bits per heavy atom. The van der Waals surface area contributed by atoms with Crippen molar-refractivity contribution in [1.82, 2.24) is 89.9 Å². The SMILES string of the molecule is CCN(Cc1cncc(-c2ccc3c(c2)c(-c2ncc(C(=O)N4CCN(C)CC4)[nH]2)nn3C2CCCCO2)c1C)C(=O)OC(C)(C)C.CCNCc1cncc(-c2ccc3[nH]nc(-c4ncc(C(=O)N5CCN(C)CC5)[nH]4)c3c2)c1C.CN1CCNCC1. The first kappa shape index (κ1) is 63.1. The molecule has 12 rings (SSSR count). The van der Waals surface area contributed by atoms with E-state index in [4.69, 9.17) is 14.6 Å². The smallest absolute Gasteiger partial charge is 0.410 e. The molecule has 0 bridgehead atoms. The van der Waals surface area contributed by atoms with E-state index < -0.39 is 5.60 Å². The Balaban J connectivity index is 0.000000182. The highest BCUT2D eigenvalue weighted by atomic mass is 16.6. The molecule has 23 heteroatoms. The molecule has 4 saturated heterocycles. The summed E-state index contributed by atoms with van der Waals surface area (Å²) >= 11 is 0. The average molecular weight is 1200 g/mol. The highest BCUT2D eigenvalue weighted by Gasteiger charge is 2.29. The number of hydrogen-bond acceptors (Lipinski definition) is 16. The van der Waals surface area contributed by atoms with E-state index in [0.717, 1.165) is 140 Å². The van der Waals surface area contributed by atoms with Crippen LogP contribution in [-0.2, 0) is 22.6 Å². The number of pyridine rings is 2. The monoisotopic (exact) mass is 1200 g/mol. The van der Waals surface area contributed by atoms with Gasteiger partial charge in [-0.25, -0.2) is 19.4 Å². The Morgan fingerprint density at radius 2 is 1.26 bits per heavy atom. The van der Waals surface area contributed by atoms with Crippen LogP contribution in [-0.4, -0.2) is 222 Å². The van der Waals surface area contributed by atoms with Crippen LogP contribution in [0.3, 0.4) is 0 Å². The Hall–Kier alpha value is -7.93. The van der Waals surface area contributed by atoms with Crippen molar-refractivity contribution in [2.45, 2.75) is 92.6 Å². The number of nitrogens with zero attached hydrogens (tertiary/aromatic N) is 13. The lowest BCUT2D eigenvalue weighted by Crippen LogP contribution is -2.47. The van der Waals surface area contributed by atoms with Crippen molar-refractivity contribution in [2.75, 3.05) is 119 Å². The molecule has 1 unspecified atom stereocenters. The number of rotatable bonds is 13. The highest BCUT2D eigenvalue weighted by molar-refractivity contribution is 5.98. The number of amides is 3. The molecule has 4 aliphatic heterocycles. The van der Waals surface area contributed by atoms with Gasteiger partial charge in [-0.1, -0.05) is 19.1 Å². The number of carbonyl (C=O) groups excluding carboxylic acids is 3. The number of fused-ring (bicyclic) bond motifs is 2. The van der Waals surface area contributed by atoms with Gasteiger partial charge in [0.25, 0.3) is 11.8 Å². The zero-order chi connectivity index (χ0) is 62.1. The molecule has 4 fully saturated rings. The topological polar surface area (TPSA) is 243 Å². The molecular weight excluding hydrogens is 1110 g/mol. The molecule has 88 heavy (non-hydrogen) atoms. The van der Waals surface area contributed by atoms with Gasteiger partial charge in [0.2, 0.25) is 0 Å². The van der Waals surface area contributed by atoms with Gasteiger partial charge in [-0.15, -0.1) is 0 Å². The fourth-order valence-electron chi connectivity index (χ4n) is 11.4. The van der Waals surface area contributed by atoms with Crippen LogP contribution in [0.5, 0.6) is 0 Å². The lowest BCUT2D eigenvalue weighted by atomic mass is 9.97. The maximum atomic E-state index is 13.3. The molecule has 8 aromatic rings. The fraction of sp³-hybridized carbons (Fsp3) is 0.492. The second-order valence-electron chi connectivity index (χ2n) is 24.4. The Kier molecular flexibility index (Phi) is 20.4. The molecule has 3 amide bonds. The molecule has 5 N–H and O–H groups in total. The van der Waals surface area contributed by atoms with Crippen LogP contribution in [0.1, 0.15) is 103 Å². The number of hydrogen-bond donors (Lipinski definition) is 5. The number of likely N-dealkylation sites (N-methyl/N-ethyl adjacent to an activating group) is 3. The van der Waals surface area contributed by atoms with E-state index in [0.29, 0.717) is 67.2 Å². The molecule has 0 radical (unpaired) electrons. The van der Waals surface area contributed by atoms with Crippen LogP contribution >= 0.6 is 0 Å². The molecule has 4 aliphatic rings. The standard InChI is InChI=1S/C35H46N8O4.C25H30N8O.C5H12N2/c1-7-41(34(45)47-35(3,4)5)22-25-19-36-20-27(23(25)2)24-11-12-29-26(18-24)31(39-43(29)30-10-8-9-17-46-30)32-37-21-28(38-32)33(44)42-15-13-40(6)14-16-42;1-4-26-12-18-13-27-14-20(16(18)2)17-5-6-21-19(11-17)23(31-30-21)24-28-15-22(29-24)25(34)33-9-7-32(3)8-10-33;1-7-4-2-6-3-5-7/h11-12,18-21,30H,7-10,13-17,22H2,1-6H3,(H,37,38);5-6,11,13-15,26H,4,7-10,12H2,1-3H3,(H,28,29)(H,30,31);6H,2-5H2,1H3. The number of ether oxygens (including phenoxy) is 2. The normalized spacial score (nSPS) is 17.1. The number of benzene rings is 2. The number of nitrogens with one attached hydrogen (secondary N) is 5. The maximum absolute atomic E-state index is 13.3. The van der Waals surface area contributed by atoms with E-state index in [9.17, 15) is 14.4 Å². The quantitative estimate of drug-likeness (QED) is 0.0735. The molecule has 1 atom stereocenters. The minimum absolute atomic E-state index is 0.0217. The molecule has 0 spiro atoms. The Morgan fingerprint density at radius 1 is 0.693 bits per heavy atom. The molecule has 0 aliphatic carbocycles. The van der Waals surface area contributed by atoms with E-state index >= 15 is 0 Å². The molecule has 468 valence electrons. The first-order valence-corrected chi connectivity index (χ1v) is 31.1. The number of H-pyrrole nitrogens is 3. The van der Waals surface area contributed by atoms with E-state index in [-0.39, 0.29) is 24.1 Å². The third-order valence-corrected chi connectivity index (χ3v) is 16.9. The van der Waals surface area contributed by atoms with Gasteiger partial charge in [-0.3, -0.25) is 24.7 Å². The summed E-state index contributed by atoms with van der Waals surface area (Å²) in [5.41, 5.74) is 12.0. The van der Waals surface area contributed by atoms with Crippen molar-refractivity contribution in [3.05, 3.63) is 107 Å². The largest absolute Gasteiger partial charge is 0.444 e. The van der Waals surface area contributed by atoms with E-state index in [2.05, 4.69) is 138 Å². The molecule has 2 aromatic carbocycles. The van der Waals surface area contributed by atoms with Crippen LogP contribution in [0.2, 0.25) is 0 Å². The van der Waals surface area contributed by atoms with E-state index in [1.165, 1.54) is 24.2 Å². The number of piperazine rings is 3. The zero-order valence-corrected chi connectivity index (χ0v) is 53.0. The van der Waals surface area contributed by atoms with Gasteiger partial charge in [-0.2, -0.15) is 10.2 Å². The molecular formula is C65H88N18O5. The van der Waals surface area contributed by atoms with Gasteiger partial charge in [0.05, 0.1) is 30.0 Å².